The van der Waals surface area contributed by atoms with Crippen molar-refractivity contribution in [2.24, 2.45) is 11.7 Å². The third kappa shape index (κ3) is 3.27. The minimum atomic E-state index is -0.162. The molecule has 1 saturated heterocycles. The van der Waals surface area contributed by atoms with Gasteiger partial charge < -0.3 is 15.2 Å². The fourth-order valence-corrected chi connectivity index (χ4v) is 1.55. The Morgan fingerprint density at radius 3 is 3.00 bits per heavy atom. The van der Waals surface area contributed by atoms with Crippen LogP contribution in [0.2, 0.25) is 0 Å². The Morgan fingerprint density at radius 1 is 1.71 bits per heavy atom. The molecule has 0 bridgehead atoms. The van der Waals surface area contributed by atoms with Gasteiger partial charge in [0.15, 0.2) is 0 Å². The number of ether oxygens (including phenoxy) is 2. The quantitative estimate of drug-likeness (QED) is 0.665. The van der Waals surface area contributed by atoms with Crippen LogP contribution in [0, 0.1) is 5.92 Å². The molecule has 1 fully saturated rings. The van der Waals surface area contributed by atoms with Gasteiger partial charge in [-0.2, -0.15) is 0 Å². The van der Waals surface area contributed by atoms with Gasteiger partial charge in [-0.05, 0) is 6.42 Å². The highest BCUT2D eigenvalue weighted by atomic mass is 16.6. The lowest BCUT2D eigenvalue weighted by molar-refractivity contribution is -0.153. The maximum Gasteiger partial charge on any atom is 0.310 e. The number of esters is 1. The van der Waals surface area contributed by atoms with Crippen molar-refractivity contribution in [2.45, 2.75) is 32.3 Å². The molecule has 1 aliphatic heterocycles. The van der Waals surface area contributed by atoms with Gasteiger partial charge in [0, 0.05) is 13.0 Å². The van der Waals surface area contributed by atoms with Crippen LogP contribution in [-0.2, 0) is 14.3 Å². The normalized spacial score (nSPS) is 23.4. The number of rotatable bonds is 5. The molecule has 1 rings (SSSR count). The zero-order chi connectivity index (χ0) is 10.4. The largest absolute Gasteiger partial charge is 0.460 e. The van der Waals surface area contributed by atoms with Crippen molar-refractivity contribution >= 4 is 5.97 Å². The van der Waals surface area contributed by atoms with Crippen molar-refractivity contribution in [1.29, 1.82) is 0 Å². The first kappa shape index (κ1) is 11.5. The van der Waals surface area contributed by atoms with E-state index in [0.717, 1.165) is 19.3 Å². The Hall–Kier alpha value is -0.610. The standard InChI is InChI=1S/C10H19NO3/c1-2-3-8(6-11)10(12)14-9-4-5-13-7-9/h8-9H,2-7,11H2,1H3. The van der Waals surface area contributed by atoms with Gasteiger partial charge in [-0.25, -0.2) is 0 Å². The molecule has 2 unspecified atom stereocenters. The minimum absolute atomic E-state index is 0.0478. The van der Waals surface area contributed by atoms with Crippen LogP contribution in [0.1, 0.15) is 26.2 Å². The number of hydrogen-bond acceptors (Lipinski definition) is 4. The Balaban J connectivity index is 2.30. The first-order valence-electron chi connectivity index (χ1n) is 5.26. The summed E-state index contributed by atoms with van der Waals surface area (Å²) in [5.74, 6) is -0.301. The lowest BCUT2D eigenvalue weighted by Crippen LogP contribution is -2.29. The average Bonchev–Trinajstić information content (AvgIpc) is 2.66. The molecule has 0 spiro atoms. The van der Waals surface area contributed by atoms with Crippen molar-refractivity contribution in [3.63, 3.8) is 0 Å². The van der Waals surface area contributed by atoms with Gasteiger partial charge in [0.1, 0.15) is 6.10 Å². The molecule has 0 aromatic carbocycles. The highest BCUT2D eigenvalue weighted by Crippen LogP contribution is 2.13. The van der Waals surface area contributed by atoms with E-state index >= 15 is 0 Å². The SMILES string of the molecule is CCCC(CN)C(=O)OC1CCOC1. The van der Waals surface area contributed by atoms with Crippen LogP contribution < -0.4 is 5.73 Å². The van der Waals surface area contributed by atoms with Gasteiger partial charge in [0.25, 0.3) is 0 Å². The van der Waals surface area contributed by atoms with E-state index in [0.29, 0.717) is 19.8 Å². The molecule has 4 heteroatoms. The number of nitrogens with two attached hydrogens (primary N) is 1. The molecular formula is C10H19NO3. The van der Waals surface area contributed by atoms with E-state index in [4.69, 9.17) is 15.2 Å². The Bertz CT molecular complexity index is 178. The van der Waals surface area contributed by atoms with Crippen LogP contribution in [0.4, 0.5) is 0 Å². The molecular weight excluding hydrogens is 182 g/mol. The summed E-state index contributed by atoms with van der Waals surface area (Å²) in [5, 5.41) is 0. The number of carbonyl (C=O) groups excluding carboxylic acids is 1. The van der Waals surface area contributed by atoms with Crippen molar-refractivity contribution in [2.75, 3.05) is 19.8 Å². The van der Waals surface area contributed by atoms with Gasteiger partial charge >= 0.3 is 5.97 Å². The second-order valence-corrected chi connectivity index (χ2v) is 3.64. The second-order valence-electron chi connectivity index (χ2n) is 3.64. The van der Waals surface area contributed by atoms with Crippen LogP contribution in [0.5, 0.6) is 0 Å². The van der Waals surface area contributed by atoms with Crippen LogP contribution in [0.15, 0.2) is 0 Å². The first-order chi connectivity index (χ1) is 6.77. The van der Waals surface area contributed by atoms with Gasteiger partial charge in [-0.15, -0.1) is 0 Å². The van der Waals surface area contributed by atoms with Crippen LogP contribution in [0.3, 0.4) is 0 Å². The van der Waals surface area contributed by atoms with Gasteiger partial charge in [-0.1, -0.05) is 13.3 Å². The molecule has 0 aromatic heterocycles. The molecule has 4 nitrogen and oxygen atoms in total. The zero-order valence-corrected chi connectivity index (χ0v) is 8.70. The van der Waals surface area contributed by atoms with Crippen molar-refractivity contribution in [1.82, 2.24) is 0 Å². The summed E-state index contributed by atoms with van der Waals surface area (Å²) < 4.78 is 10.4. The summed E-state index contributed by atoms with van der Waals surface area (Å²) in [6, 6.07) is 0. The van der Waals surface area contributed by atoms with Crippen molar-refractivity contribution < 1.29 is 14.3 Å². The molecule has 0 amide bonds. The molecule has 0 aromatic rings. The lowest BCUT2D eigenvalue weighted by atomic mass is 10.0. The minimum Gasteiger partial charge on any atom is -0.460 e. The third-order valence-electron chi connectivity index (χ3n) is 2.43. The molecule has 2 atom stereocenters. The number of carbonyl (C=O) groups is 1. The maximum atomic E-state index is 11.6. The van der Waals surface area contributed by atoms with Crippen LogP contribution in [0.25, 0.3) is 0 Å². The Kier molecular flexibility index (Phi) is 4.90. The molecule has 1 heterocycles. The van der Waals surface area contributed by atoms with E-state index < -0.39 is 0 Å². The molecule has 0 saturated carbocycles. The van der Waals surface area contributed by atoms with E-state index in [1.54, 1.807) is 0 Å². The fourth-order valence-electron chi connectivity index (χ4n) is 1.55. The molecule has 0 aliphatic carbocycles. The Labute approximate surface area is 84.7 Å². The van der Waals surface area contributed by atoms with E-state index in [1.165, 1.54) is 0 Å². The monoisotopic (exact) mass is 201 g/mol. The first-order valence-corrected chi connectivity index (χ1v) is 5.26. The van der Waals surface area contributed by atoms with Gasteiger partial charge in [0.05, 0.1) is 19.1 Å². The van der Waals surface area contributed by atoms with Gasteiger partial charge in [-0.3, -0.25) is 4.79 Å². The lowest BCUT2D eigenvalue weighted by Gasteiger charge is -2.16. The summed E-state index contributed by atoms with van der Waals surface area (Å²) in [6.45, 7) is 3.64. The van der Waals surface area contributed by atoms with E-state index in [1.807, 2.05) is 6.92 Å². The van der Waals surface area contributed by atoms with Crippen molar-refractivity contribution in [3.8, 4) is 0 Å². The predicted octanol–water partition coefficient (Wildman–Crippen LogP) is 0.694. The maximum absolute atomic E-state index is 11.6. The van der Waals surface area contributed by atoms with E-state index in [9.17, 15) is 4.79 Å². The molecule has 14 heavy (non-hydrogen) atoms. The second kappa shape index (κ2) is 5.98. The summed E-state index contributed by atoms with van der Waals surface area (Å²) in [6.07, 6.45) is 2.53. The van der Waals surface area contributed by atoms with Crippen molar-refractivity contribution in [3.05, 3.63) is 0 Å². The summed E-state index contributed by atoms with van der Waals surface area (Å²) in [7, 11) is 0. The molecule has 82 valence electrons. The van der Waals surface area contributed by atoms with Crippen LogP contribution in [-0.4, -0.2) is 31.8 Å². The van der Waals surface area contributed by atoms with Crippen LogP contribution >= 0.6 is 0 Å². The molecule has 2 N–H and O–H groups in total. The summed E-state index contributed by atoms with van der Waals surface area (Å²) in [5.41, 5.74) is 5.50. The Morgan fingerprint density at radius 2 is 2.50 bits per heavy atom. The summed E-state index contributed by atoms with van der Waals surface area (Å²) in [4.78, 5) is 11.6. The number of hydrogen-bond donors (Lipinski definition) is 1. The molecule has 0 radical (unpaired) electrons. The zero-order valence-electron chi connectivity index (χ0n) is 8.70. The van der Waals surface area contributed by atoms with Gasteiger partial charge in [0.2, 0.25) is 0 Å². The fraction of sp³-hybridized carbons (Fsp3) is 0.900. The summed E-state index contributed by atoms with van der Waals surface area (Å²) >= 11 is 0. The predicted molar refractivity (Wildman–Crippen MR) is 52.8 cm³/mol. The smallest absolute Gasteiger partial charge is 0.310 e. The average molecular weight is 201 g/mol. The molecule has 1 aliphatic rings. The third-order valence-corrected chi connectivity index (χ3v) is 2.43. The topological polar surface area (TPSA) is 61.6 Å². The highest BCUT2D eigenvalue weighted by Gasteiger charge is 2.24. The van der Waals surface area contributed by atoms with E-state index in [2.05, 4.69) is 0 Å². The van der Waals surface area contributed by atoms with E-state index in [-0.39, 0.29) is 18.0 Å². The highest BCUT2D eigenvalue weighted by molar-refractivity contribution is 5.72.